The second-order valence-electron chi connectivity index (χ2n) is 5.34. The van der Waals surface area contributed by atoms with E-state index in [1.165, 1.54) is 71.6 Å². The maximum atomic E-state index is 3.45. The molecule has 0 aromatic heterocycles. The first-order valence-electron chi connectivity index (χ1n) is 7.04. The van der Waals surface area contributed by atoms with Crippen molar-refractivity contribution in [2.45, 2.75) is 26.2 Å². The first-order valence-corrected chi connectivity index (χ1v) is 7.04. The molecule has 0 aliphatic carbocycles. The van der Waals surface area contributed by atoms with Crippen LogP contribution in [0.15, 0.2) is 0 Å². The van der Waals surface area contributed by atoms with Crippen LogP contribution in [0.2, 0.25) is 0 Å². The third kappa shape index (κ3) is 5.12. The molecule has 0 amide bonds. The van der Waals surface area contributed by atoms with Gasteiger partial charge in [0.15, 0.2) is 0 Å². The zero-order valence-corrected chi connectivity index (χ0v) is 12.0. The monoisotopic (exact) mass is 261 g/mol. The fraction of sp³-hybridized carbons (Fsp3) is 1.00. The predicted molar refractivity (Wildman–Crippen MR) is 76.0 cm³/mol. The van der Waals surface area contributed by atoms with E-state index in [9.17, 15) is 0 Å². The summed E-state index contributed by atoms with van der Waals surface area (Å²) >= 11 is 0. The van der Waals surface area contributed by atoms with Crippen molar-refractivity contribution in [2.75, 3.05) is 52.4 Å². The molecular weight excluding hydrogens is 234 g/mol. The molecule has 0 atom stereocenters. The Kier molecular flexibility index (Phi) is 7.44. The van der Waals surface area contributed by atoms with Gasteiger partial charge >= 0.3 is 0 Å². The van der Waals surface area contributed by atoms with Crippen LogP contribution in [0.1, 0.15) is 26.2 Å². The summed E-state index contributed by atoms with van der Waals surface area (Å²) in [6, 6.07) is 0. The molecule has 2 aliphatic heterocycles. The van der Waals surface area contributed by atoms with Gasteiger partial charge in [0.2, 0.25) is 0 Å². The molecule has 0 saturated carbocycles. The first-order chi connectivity index (χ1) is 7.88. The highest BCUT2D eigenvalue weighted by Gasteiger charge is 2.20. The van der Waals surface area contributed by atoms with Gasteiger partial charge in [-0.15, -0.1) is 12.4 Å². The van der Waals surface area contributed by atoms with Crippen LogP contribution in [-0.2, 0) is 0 Å². The normalized spacial score (nSPS) is 24.5. The van der Waals surface area contributed by atoms with Gasteiger partial charge in [-0.05, 0) is 44.8 Å². The lowest BCUT2D eigenvalue weighted by molar-refractivity contribution is 0.111. The lowest BCUT2D eigenvalue weighted by Gasteiger charge is -2.37. The third-order valence-electron chi connectivity index (χ3n) is 3.98. The summed E-state index contributed by atoms with van der Waals surface area (Å²) in [5.41, 5.74) is 0. The molecule has 2 saturated heterocycles. The Morgan fingerprint density at radius 2 is 1.59 bits per heavy atom. The Morgan fingerprint density at radius 1 is 1.00 bits per heavy atom. The minimum Gasteiger partial charge on any atom is -0.317 e. The van der Waals surface area contributed by atoms with Crippen LogP contribution in [0, 0.1) is 5.92 Å². The van der Waals surface area contributed by atoms with Crippen molar-refractivity contribution in [1.29, 1.82) is 0 Å². The zero-order chi connectivity index (χ0) is 11.2. The van der Waals surface area contributed by atoms with E-state index in [-0.39, 0.29) is 12.4 Å². The van der Waals surface area contributed by atoms with Crippen LogP contribution < -0.4 is 5.32 Å². The highest BCUT2D eigenvalue weighted by molar-refractivity contribution is 5.85. The highest BCUT2D eigenvalue weighted by Crippen LogP contribution is 2.14. The van der Waals surface area contributed by atoms with Gasteiger partial charge in [-0.1, -0.05) is 6.92 Å². The van der Waals surface area contributed by atoms with Crippen LogP contribution >= 0.6 is 12.4 Å². The number of halogens is 1. The molecule has 0 bridgehead atoms. The second kappa shape index (κ2) is 8.30. The van der Waals surface area contributed by atoms with E-state index >= 15 is 0 Å². The van der Waals surface area contributed by atoms with Crippen LogP contribution in [0.4, 0.5) is 0 Å². The van der Waals surface area contributed by atoms with Crippen molar-refractivity contribution in [3.8, 4) is 0 Å². The average molecular weight is 262 g/mol. The van der Waals surface area contributed by atoms with Crippen molar-refractivity contribution in [3.05, 3.63) is 0 Å². The summed E-state index contributed by atoms with van der Waals surface area (Å²) in [5, 5.41) is 3.45. The van der Waals surface area contributed by atoms with Gasteiger partial charge in [-0.25, -0.2) is 0 Å². The molecule has 0 unspecified atom stereocenters. The van der Waals surface area contributed by atoms with E-state index in [1.807, 2.05) is 0 Å². The second-order valence-corrected chi connectivity index (χ2v) is 5.34. The van der Waals surface area contributed by atoms with Gasteiger partial charge in [0.05, 0.1) is 0 Å². The number of hydrogen-bond acceptors (Lipinski definition) is 3. The molecule has 1 N–H and O–H groups in total. The molecule has 0 aromatic rings. The van der Waals surface area contributed by atoms with Crippen molar-refractivity contribution in [3.63, 3.8) is 0 Å². The number of piperazine rings is 1. The fourth-order valence-corrected chi connectivity index (χ4v) is 2.94. The Bertz CT molecular complexity index is 187. The van der Waals surface area contributed by atoms with Gasteiger partial charge in [-0.2, -0.15) is 0 Å². The summed E-state index contributed by atoms with van der Waals surface area (Å²) in [6.45, 7) is 12.6. The Hall–Kier alpha value is 0.170. The highest BCUT2D eigenvalue weighted by atomic mass is 35.5. The summed E-state index contributed by atoms with van der Waals surface area (Å²) in [6.07, 6.45) is 4.07. The van der Waals surface area contributed by atoms with Crippen molar-refractivity contribution in [1.82, 2.24) is 15.1 Å². The van der Waals surface area contributed by atoms with Gasteiger partial charge in [0.1, 0.15) is 0 Å². The summed E-state index contributed by atoms with van der Waals surface area (Å²) in [7, 11) is 0. The minimum absolute atomic E-state index is 0. The molecule has 3 nitrogen and oxygen atoms in total. The van der Waals surface area contributed by atoms with Crippen LogP contribution in [-0.4, -0.2) is 62.2 Å². The van der Waals surface area contributed by atoms with Gasteiger partial charge in [0.25, 0.3) is 0 Å². The maximum absolute atomic E-state index is 3.45. The standard InChI is InChI=1S/C13H27N3.ClH/c1-2-7-15-8-10-16(11-9-15)12-13-3-5-14-6-4-13;/h13-14H,2-12H2,1H3;1H. The van der Waals surface area contributed by atoms with Crippen LogP contribution in [0.25, 0.3) is 0 Å². The molecule has 0 spiro atoms. The van der Waals surface area contributed by atoms with E-state index in [0.29, 0.717) is 0 Å². The molecule has 2 rings (SSSR count). The molecule has 2 aliphatic rings. The van der Waals surface area contributed by atoms with Gasteiger partial charge < -0.3 is 15.1 Å². The number of nitrogens with one attached hydrogen (secondary N) is 1. The number of rotatable bonds is 4. The van der Waals surface area contributed by atoms with E-state index in [2.05, 4.69) is 22.0 Å². The van der Waals surface area contributed by atoms with Crippen LogP contribution in [0.3, 0.4) is 0 Å². The van der Waals surface area contributed by atoms with E-state index in [1.54, 1.807) is 0 Å². The Morgan fingerprint density at radius 3 is 2.18 bits per heavy atom. The SMILES string of the molecule is CCCN1CCN(CC2CCNCC2)CC1.Cl. The van der Waals surface area contributed by atoms with E-state index < -0.39 is 0 Å². The van der Waals surface area contributed by atoms with Crippen LogP contribution in [0.5, 0.6) is 0 Å². The molecule has 102 valence electrons. The molecule has 2 fully saturated rings. The molecule has 0 radical (unpaired) electrons. The quantitative estimate of drug-likeness (QED) is 0.826. The number of hydrogen-bond donors (Lipinski definition) is 1. The molecule has 4 heteroatoms. The first kappa shape index (κ1) is 15.2. The summed E-state index contributed by atoms with van der Waals surface area (Å²) in [4.78, 5) is 5.29. The van der Waals surface area contributed by atoms with Gasteiger partial charge in [0, 0.05) is 32.7 Å². The topological polar surface area (TPSA) is 18.5 Å². The van der Waals surface area contributed by atoms with Crippen molar-refractivity contribution < 1.29 is 0 Å². The smallest absolute Gasteiger partial charge is 0.0110 e. The summed E-state index contributed by atoms with van der Waals surface area (Å²) in [5.74, 6) is 0.957. The molecular formula is C13H28ClN3. The van der Waals surface area contributed by atoms with Crippen molar-refractivity contribution in [2.24, 2.45) is 5.92 Å². The average Bonchev–Trinajstić information content (AvgIpc) is 2.33. The minimum atomic E-state index is 0. The molecule has 17 heavy (non-hydrogen) atoms. The Balaban J connectivity index is 0.00000144. The van der Waals surface area contributed by atoms with E-state index in [0.717, 1.165) is 5.92 Å². The fourth-order valence-electron chi connectivity index (χ4n) is 2.94. The Labute approximate surface area is 112 Å². The lowest BCUT2D eigenvalue weighted by Crippen LogP contribution is -2.48. The van der Waals surface area contributed by atoms with E-state index in [4.69, 9.17) is 0 Å². The number of piperidine rings is 1. The molecule has 2 heterocycles. The molecule has 0 aromatic carbocycles. The predicted octanol–water partition coefficient (Wildman–Crippen LogP) is 1.44. The number of nitrogens with zero attached hydrogens (tertiary/aromatic N) is 2. The van der Waals surface area contributed by atoms with Gasteiger partial charge in [-0.3, -0.25) is 0 Å². The summed E-state index contributed by atoms with van der Waals surface area (Å²) < 4.78 is 0. The van der Waals surface area contributed by atoms with Crippen molar-refractivity contribution >= 4 is 12.4 Å². The largest absolute Gasteiger partial charge is 0.317 e. The zero-order valence-electron chi connectivity index (χ0n) is 11.2. The maximum Gasteiger partial charge on any atom is 0.0110 e. The lowest BCUT2D eigenvalue weighted by atomic mass is 9.97. The third-order valence-corrected chi connectivity index (χ3v) is 3.98.